The number of pyridine rings is 1. The van der Waals surface area contributed by atoms with Crippen molar-refractivity contribution >= 4 is 27.7 Å². The van der Waals surface area contributed by atoms with E-state index < -0.39 is 0 Å². The number of aromatic nitrogens is 1. The van der Waals surface area contributed by atoms with Crippen LogP contribution in [0.5, 0.6) is 0 Å². The fourth-order valence-corrected chi connectivity index (χ4v) is 2.18. The molecule has 1 aliphatic heterocycles. The zero-order valence-corrected chi connectivity index (χ0v) is 10.7. The quantitative estimate of drug-likeness (QED) is 0.902. The maximum absolute atomic E-state index is 11.3. The molecule has 1 aromatic rings. The molecule has 0 saturated carbocycles. The van der Waals surface area contributed by atoms with Gasteiger partial charge in [-0.1, -0.05) is 0 Å². The third-order valence-corrected chi connectivity index (χ3v) is 3.37. The van der Waals surface area contributed by atoms with Gasteiger partial charge in [-0.25, -0.2) is 4.98 Å². The third kappa shape index (κ3) is 2.52. The van der Waals surface area contributed by atoms with Crippen molar-refractivity contribution in [1.82, 2.24) is 9.88 Å². The number of nitrogens with one attached hydrogen (secondary N) is 1. The summed E-state index contributed by atoms with van der Waals surface area (Å²) in [6, 6.07) is 4.12. The number of piperidine rings is 1. The van der Waals surface area contributed by atoms with E-state index in [0.29, 0.717) is 6.42 Å². The lowest BCUT2D eigenvalue weighted by Crippen LogP contribution is -2.43. The fourth-order valence-electron chi connectivity index (χ4n) is 1.82. The van der Waals surface area contributed by atoms with Crippen LogP contribution in [0.2, 0.25) is 0 Å². The summed E-state index contributed by atoms with van der Waals surface area (Å²) < 4.78 is 0.953. The molecule has 1 N–H and O–H groups in total. The highest BCUT2D eigenvalue weighted by Gasteiger charge is 2.23. The van der Waals surface area contributed by atoms with Gasteiger partial charge in [-0.3, -0.25) is 4.79 Å². The lowest BCUT2D eigenvalue weighted by molar-refractivity contribution is -0.132. The maximum Gasteiger partial charge on any atom is 0.222 e. The maximum atomic E-state index is 11.3. The van der Waals surface area contributed by atoms with E-state index in [1.165, 1.54) is 0 Å². The van der Waals surface area contributed by atoms with E-state index >= 15 is 0 Å². The van der Waals surface area contributed by atoms with E-state index in [4.69, 9.17) is 0 Å². The first-order valence-corrected chi connectivity index (χ1v) is 6.07. The smallest absolute Gasteiger partial charge is 0.222 e. The first kappa shape index (κ1) is 11.4. The van der Waals surface area contributed by atoms with Crippen LogP contribution >= 0.6 is 15.9 Å². The minimum absolute atomic E-state index is 0.220. The van der Waals surface area contributed by atoms with E-state index in [9.17, 15) is 4.79 Å². The molecule has 2 rings (SSSR count). The summed E-state index contributed by atoms with van der Waals surface area (Å²) in [7, 11) is 1.84. The molecule has 0 aliphatic carbocycles. The van der Waals surface area contributed by atoms with Crippen molar-refractivity contribution in [2.45, 2.75) is 18.9 Å². The molecule has 1 unspecified atom stereocenters. The molecule has 1 fully saturated rings. The number of hydrogen-bond donors (Lipinski definition) is 1. The first-order valence-electron chi connectivity index (χ1n) is 5.28. The summed E-state index contributed by atoms with van der Waals surface area (Å²) in [5.41, 5.74) is 0. The van der Waals surface area contributed by atoms with Gasteiger partial charge >= 0.3 is 0 Å². The van der Waals surface area contributed by atoms with Gasteiger partial charge in [-0.2, -0.15) is 0 Å². The van der Waals surface area contributed by atoms with Gasteiger partial charge in [0.15, 0.2) is 0 Å². The van der Waals surface area contributed by atoms with Gasteiger partial charge in [-0.15, -0.1) is 0 Å². The Bertz CT molecular complexity index is 397. The average Bonchev–Trinajstić information content (AvgIpc) is 2.27. The van der Waals surface area contributed by atoms with Crippen LogP contribution in [0.1, 0.15) is 12.8 Å². The van der Waals surface area contributed by atoms with Crippen LogP contribution in [0, 0.1) is 0 Å². The number of hydrogen-bond acceptors (Lipinski definition) is 3. The molecule has 0 aromatic carbocycles. The molecule has 1 aliphatic rings. The van der Waals surface area contributed by atoms with Crippen LogP contribution in [0.4, 0.5) is 5.82 Å². The van der Waals surface area contributed by atoms with Gasteiger partial charge in [0.1, 0.15) is 5.82 Å². The van der Waals surface area contributed by atoms with Crippen LogP contribution in [0.15, 0.2) is 22.8 Å². The molecule has 2 heterocycles. The number of amides is 1. The Labute approximate surface area is 103 Å². The summed E-state index contributed by atoms with van der Waals surface area (Å²) in [5.74, 6) is 1.06. The molecule has 1 saturated heterocycles. The number of likely N-dealkylation sites (tertiary alicyclic amines) is 1. The van der Waals surface area contributed by atoms with Crippen molar-refractivity contribution in [2.75, 3.05) is 18.9 Å². The largest absolute Gasteiger partial charge is 0.365 e. The molecule has 86 valence electrons. The average molecular weight is 284 g/mol. The van der Waals surface area contributed by atoms with Crippen molar-refractivity contribution in [3.05, 3.63) is 22.8 Å². The van der Waals surface area contributed by atoms with Gasteiger partial charge < -0.3 is 10.2 Å². The van der Waals surface area contributed by atoms with Gasteiger partial charge in [0.05, 0.1) is 4.47 Å². The second-order valence-electron chi connectivity index (χ2n) is 3.99. The van der Waals surface area contributed by atoms with Crippen LogP contribution in [0.25, 0.3) is 0 Å². The van der Waals surface area contributed by atoms with E-state index in [1.807, 2.05) is 19.2 Å². The number of rotatable bonds is 2. The number of nitrogens with zero attached hydrogens (tertiary/aromatic N) is 2. The monoisotopic (exact) mass is 283 g/mol. The second kappa shape index (κ2) is 4.82. The Morgan fingerprint density at radius 3 is 3.12 bits per heavy atom. The Kier molecular flexibility index (Phi) is 3.43. The fraction of sp³-hybridized carbons (Fsp3) is 0.455. The minimum Gasteiger partial charge on any atom is -0.365 e. The van der Waals surface area contributed by atoms with Crippen molar-refractivity contribution < 1.29 is 4.79 Å². The standard InChI is InChI=1S/C11H14BrN3O/c1-15-7-8(4-5-10(15)16)14-11-9(12)3-2-6-13-11/h2-3,6,8H,4-5,7H2,1H3,(H,13,14). The molecular weight excluding hydrogens is 270 g/mol. The predicted molar refractivity (Wildman–Crippen MR) is 66.2 cm³/mol. The van der Waals surface area contributed by atoms with Crippen LogP contribution in [0.3, 0.4) is 0 Å². The minimum atomic E-state index is 0.220. The number of carbonyl (C=O) groups excluding carboxylic acids is 1. The zero-order chi connectivity index (χ0) is 11.5. The van der Waals surface area contributed by atoms with Crippen LogP contribution in [-0.2, 0) is 4.79 Å². The Balaban J connectivity index is 2.01. The van der Waals surface area contributed by atoms with E-state index in [1.54, 1.807) is 11.1 Å². The summed E-state index contributed by atoms with van der Waals surface area (Å²) in [6.07, 6.45) is 3.23. The van der Waals surface area contributed by atoms with Crippen LogP contribution < -0.4 is 5.32 Å². The van der Waals surface area contributed by atoms with Gasteiger partial charge in [0.2, 0.25) is 5.91 Å². The van der Waals surface area contributed by atoms with Gasteiger partial charge in [-0.05, 0) is 34.5 Å². The van der Waals surface area contributed by atoms with Gasteiger partial charge in [0, 0.05) is 32.3 Å². The number of halogens is 1. The summed E-state index contributed by atoms with van der Waals surface area (Å²) in [6.45, 7) is 0.738. The highest BCUT2D eigenvalue weighted by molar-refractivity contribution is 9.10. The molecule has 16 heavy (non-hydrogen) atoms. The van der Waals surface area contributed by atoms with Crippen molar-refractivity contribution in [3.63, 3.8) is 0 Å². The van der Waals surface area contributed by atoms with Crippen molar-refractivity contribution in [1.29, 1.82) is 0 Å². The molecule has 4 nitrogen and oxygen atoms in total. The Morgan fingerprint density at radius 1 is 1.62 bits per heavy atom. The molecule has 1 amide bonds. The topological polar surface area (TPSA) is 45.2 Å². The van der Waals surface area contributed by atoms with E-state index in [0.717, 1.165) is 23.3 Å². The van der Waals surface area contributed by atoms with Gasteiger partial charge in [0.25, 0.3) is 0 Å². The Morgan fingerprint density at radius 2 is 2.44 bits per heavy atom. The second-order valence-corrected chi connectivity index (χ2v) is 4.84. The summed E-state index contributed by atoms with van der Waals surface area (Å²) in [5, 5.41) is 3.35. The van der Waals surface area contributed by atoms with Crippen molar-refractivity contribution in [2.24, 2.45) is 0 Å². The number of carbonyl (C=O) groups is 1. The molecule has 0 spiro atoms. The summed E-state index contributed by atoms with van der Waals surface area (Å²) in [4.78, 5) is 17.3. The summed E-state index contributed by atoms with van der Waals surface area (Å²) >= 11 is 3.44. The SMILES string of the molecule is CN1CC(Nc2ncccc2Br)CCC1=O. The normalized spacial score (nSPS) is 21.0. The molecule has 0 bridgehead atoms. The lowest BCUT2D eigenvalue weighted by atomic mass is 10.1. The number of anilines is 1. The molecule has 1 aromatic heterocycles. The Hall–Kier alpha value is -1.10. The molecular formula is C11H14BrN3O. The third-order valence-electron chi connectivity index (χ3n) is 2.73. The van der Waals surface area contributed by atoms with E-state index in [2.05, 4.69) is 26.2 Å². The molecule has 5 heteroatoms. The van der Waals surface area contributed by atoms with E-state index in [-0.39, 0.29) is 11.9 Å². The first-order chi connectivity index (χ1) is 7.66. The van der Waals surface area contributed by atoms with Crippen LogP contribution in [-0.4, -0.2) is 35.4 Å². The van der Waals surface area contributed by atoms with Crippen molar-refractivity contribution in [3.8, 4) is 0 Å². The predicted octanol–water partition coefficient (Wildman–Crippen LogP) is 1.88. The molecule has 1 atom stereocenters. The highest BCUT2D eigenvalue weighted by atomic mass is 79.9. The lowest BCUT2D eigenvalue weighted by Gasteiger charge is -2.30. The highest BCUT2D eigenvalue weighted by Crippen LogP contribution is 2.21. The molecule has 0 radical (unpaired) electrons. The zero-order valence-electron chi connectivity index (χ0n) is 9.11. The number of likely N-dealkylation sites (N-methyl/N-ethyl adjacent to an activating group) is 1.